The minimum absolute atomic E-state index is 0.0108. The highest BCUT2D eigenvalue weighted by molar-refractivity contribution is 7.89. The lowest BCUT2D eigenvalue weighted by atomic mass is 10.1. The molecular weight excluding hydrogens is 406 g/mol. The molecule has 1 saturated heterocycles. The first-order valence-electron chi connectivity index (χ1n) is 8.60. The molecule has 0 radical (unpaired) electrons. The third kappa shape index (κ3) is 4.32. The zero-order chi connectivity index (χ0) is 20.3. The van der Waals surface area contributed by atoms with E-state index in [1.54, 1.807) is 0 Å². The Morgan fingerprint density at radius 3 is 2.39 bits per heavy atom. The van der Waals surface area contributed by atoms with Gasteiger partial charge in [0, 0.05) is 30.4 Å². The SMILES string of the molecule is O=C(CNc1ccc(Cl)c([N+](=O)[O-])c1)c1ccc(S(=O)(=O)N2CCCC2)cc1. The molecule has 2 aromatic carbocycles. The predicted molar refractivity (Wildman–Crippen MR) is 105 cm³/mol. The molecule has 1 N–H and O–H groups in total. The molecule has 0 unspecified atom stereocenters. The molecule has 0 spiro atoms. The molecule has 1 fully saturated rings. The Labute approximate surface area is 167 Å². The zero-order valence-corrected chi connectivity index (χ0v) is 16.4. The first-order chi connectivity index (χ1) is 13.3. The van der Waals surface area contributed by atoms with Crippen LogP contribution in [0.4, 0.5) is 11.4 Å². The number of Topliss-reactive ketones (excluding diaryl/α,β-unsaturated/α-hetero) is 1. The number of carbonyl (C=O) groups is 1. The molecule has 3 rings (SSSR count). The maximum absolute atomic E-state index is 12.5. The maximum atomic E-state index is 12.5. The molecule has 2 aromatic rings. The van der Waals surface area contributed by atoms with Gasteiger partial charge in [-0.05, 0) is 49.2 Å². The number of halogens is 1. The third-order valence-electron chi connectivity index (χ3n) is 4.47. The van der Waals surface area contributed by atoms with Crippen molar-refractivity contribution in [2.45, 2.75) is 17.7 Å². The van der Waals surface area contributed by atoms with E-state index in [-0.39, 0.29) is 27.9 Å². The van der Waals surface area contributed by atoms with Gasteiger partial charge in [0.2, 0.25) is 10.0 Å². The van der Waals surface area contributed by atoms with Crippen LogP contribution in [-0.4, -0.2) is 43.1 Å². The number of carbonyl (C=O) groups excluding carboxylic acids is 1. The first-order valence-corrected chi connectivity index (χ1v) is 10.4. The largest absolute Gasteiger partial charge is 0.377 e. The van der Waals surface area contributed by atoms with Gasteiger partial charge in [0.1, 0.15) is 5.02 Å². The van der Waals surface area contributed by atoms with Gasteiger partial charge in [0.25, 0.3) is 5.69 Å². The Morgan fingerprint density at radius 2 is 1.79 bits per heavy atom. The number of hydrogen-bond donors (Lipinski definition) is 1. The van der Waals surface area contributed by atoms with E-state index in [0.29, 0.717) is 24.3 Å². The van der Waals surface area contributed by atoms with E-state index in [2.05, 4.69) is 5.32 Å². The third-order valence-corrected chi connectivity index (χ3v) is 6.71. The molecule has 0 amide bonds. The highest BCUT2D eigenvalue weighted by Crippen LogP contribution is 2.27. The number of nitrogens with one attached hydrogen (secondary N) is 1. The number of hydrogen-bond acceptors (Lipinski definition) is 6. The molecule has 1 heterocycles. The van der Waals surface area contributed by atoms with Gasteiger partial charge in [0.15, 0.2) is 5.78 Å². The van der Waals surface area contributed by atoms with Gasteiger partial charge in [-0.2, -0.15) is 4.31 Å². The van der Waals surface area contributed by atoms with Crippen molar-refractivity contribution >= 4 is 38.8 Å². The van der Waals surface area contributed by atoms with Gasteiger partial charge >= 0.3 is 0 Å². The lowest BCUT2D eigenvalue weighted by Gasteiger charge is -2.15. The highest BCUT2D eigenvalue weighted by atomic mass is 35.5. The van der Waals surface area contributed by atoms with Crippen molar-refractivity contribution in [2.24, 2.45) is 0 Å². The normalized spacial score (nSPS) is 14.8. The average molecular weight is 424 g/mol. The number of nitrogens with zero attached hydrogens (tertiary/aromatic N) is 2. The summed E-state index contributed by atoms with van der Waals surface area (Å²) in [5.41, 5.74) is 0.476. The van der Waals surface area contributed by atoms with Gasteiger partial charge < -0.3 is 5.32 Å². The summed E-state index contributed by atoms with van der Waals surface area (Å²) in [7, 11) is -3.52. The predicted octanol–water partition coefficient (Wildman–Crippen LogP) is 3.33. The van der Waals surface area contributed by atoms with E-state index in [1.165, 1.54) is 46.8 Å². The van der Waals surface area contributed by atoms with Crippen LogP contribution in [-0.2, 0) is 10.0 Å². The molecule has 0 bridgehead atoms. The highest BCUT2D eigenvalue weighted by Gasteiger charge is 2.27. The van der Waals surface area contributed by atoms with Gasteiger partial charge in [-0.15, -0.1) is 0 Å². The smallest absolute Gasteiger partial charge is 0.289 e. The van der Waals surface area contributed by atoms with Crippen molar-refractivity contribution < 1.29 is 18.1 Å². The van der Waals surface area contributed by atoms with Crippen molar-refractivity contribution in [3.63, 3.8) is 0 Å². The summed E-state index contributed by atoms with van der Waals surface area (Å²) < 4.78 is 26.5. The molecule has 0 aromatic heterocycles. The van der Waals surface area contributed by atoms with Crippen LogP contribution >= 0.6 is 11.6 Å². The van der Waals surface area contributed by atoms with Gasteiger partial charge in [0.05, 0.1) is 16.4 Å². The lowest BCUT2D eigenvalue weighted by molar-refractivity contribution is -0.384. The second-order valence-corrected chi connectivity index (χ2v) is 8.68. The van der Waals surface area contributed by atoms with Crippen molar-refractivity contribution in [3.05, 3.63) is 63.2 Å². The molecule has 8 nitrogen and oxygen atoms in total. The fourth-order valence-electron chi connectivity index (χ4n) is 2.94. The first kappa shape index (κ1) is 20.2. The summed E-state index contributed by atoms with van der Waals surface area (Å²) in [4.78, 5) is 22.8. The molecule has 148 valence electrons. The number of benzene rings is 2. The zero-order valence-electron chi connectivity index (χ0n) is 14.8. The van der Waals surface area contributed by atoms with Crippen LogP contribution in [0.3, 0.4) is 0 Å². The van der Waals surface area contributed by atoms with E-state index >= 15 is 0 Å². The molecule has 0 saturated carbocycles. The Bertz CT molecular complexity index is 1000. The topological polar surface area (TPSA) is 110 Å². The molecule has 0 aliphatic carbocycles. The van der Waals surface area contributed by atoms with Crippen LogP contribution < -0.4 is 5.32 Å². The molecule has 1 aliphatic rings. The summed E-state index contributed by atoms with van der Waals surface area (Å²) in [6.07, 6.45) is 1.70. The quantitative estimate of drug-likeness (QED) is 0.415. The summed E-state index contributed by atoms with van der Waals surface area (Å²) in [6, 6.07) is 9.96. The molecule has 10 heteroatoms. The number of sulfonamides is 1. The Balaban J connectivity index is 1.67. The average Bonchev–Trinajstić information content (AvgIpc) is 3.22. The Hall–Kier alpha value is -2.49. The van der Waals surface area contributed by atoms with E-state index in [9.17, 15) is 23.3 Å². The van der Waals surface area contributed by atoms with Crippen LogP contribution in [0, 0.1) is 10.1 Å². The van der Waals surface area contributed by atoms with Crippen molar-refractivity contribution in [1.82, 2.24) is 4.31 Å². The second-order valence-electron chi connectivity index (χ2n) is 6.34. The van der Waals surface area contributed by atoms with Crippen LogP contribution in [0.15, 0.2) is 47.4 Å². The fourth-order valence-corrected chi connectivity index (χ4v) is 4.64. The monoisotopic (exact) mass is 423 g/mol. The number of nitro benzene ring substituents is 1. The number of nitro groups is 1. The van der Waals surface area contributed by atoms with Crippen molar-refractivity contribution in [1.29, 1.82) is 0 Å². The van der Waals surface area contributed by atoms with Crippen LogP contribution in [0.25, 0.3) is 0 Å². The van der Waals surface area contributed by atoms with E-state index < -0.39 is 14.9 Å². The minimum Gasteiger partial charge on any atom is -0.377 e. The number of anilines is 1. The maximum Gasteiger partial charge on any atom is 0.289 e. The summed E-state index contributed by atoms with van der Waals surface area (Å²) in [6.45, 7) is 0.928. The van der Waals surface area contributed by atoms with Gasteiger partial charge in [-0.3, -0.25) is 14.9 Å². The van der Waals surface area contributed by atoms with E-state index in [4.69, 9.17) is 11.6 Å². The molecule has 28 heavy (non-hydrogen) atoms. The van der Waals surface area contributed by atoms with Gasteiger partial charge in [-0.1, -0.05) is 11.6 Å². The van der Waals surface area contributed by atoms with Crippen molar-refractivity contribution in [3.8, 4) is 0 Å². The van der Waals surface area contributed by atoms with Crippen molar-refractivity contribution in [2.75, 3.05) is 25.0 Å². The van der Waals surface area contributed by atoms with Crippen LogP contribution in [0.1, 0.15) is 23.2 Å². The summed E-state index contributed by atoms with van der Waals surface area (Å²) in [5, 5.41) is 13.7. The fraction of sp³-hybridized carbons (Fsp3) is 0.278. The van der Waals surface area contributed by atoms with E-state index in [0.717, 1.165) is 12.8 Å². The standard InChI is InChI=1S/C18H18ClN3O5S/c19-16-8-5-14(11-17(16)22(24)25)20-12-18(23)13-3-6-15(7-4-13)28(26,27)21-9-1-2-10-21/h3-8,11,20H,1-2,9-10,12H2. The van der Waals surface area contributed by atoms with Crippen LogP contribution in [0.2, 0.25) is 5.02 Å². The summed E-state index contributed by atoms with van der Waals surface area (Å²) >= 11 is 5.76. The Morgan fingerprint density at radius 1 is 1.14 bits per heavy atom. The lowest BCUT2D eigenvalue weighted by Crippen LogP contribution is -2.27. The summed E-state index contributed by atoms with van der Waals surface area (Å²) in [5.74, 6) is -0.275. The number of ketones is 1. The number of rotatable bonds is 7. The van der Waals surface area contributed by atoms with E-state index in [1.807, 2.05) is 0 Å². The second kappa shape index (κ2) is 8.26. The molecule has 1 aliphatic heterocycles. The minimum atomic E-state index is -3.52. The van der Waals surface area contributed by atoms with Gasteiger partial charge in [-0.25, -0.2) is 8.42 Å². The molecule has 0 atom stereocenters. The Kier molecular flexibility index (Phi) is 5.97. The molecular formula is C18H18ClN3O5S. The van der Waals surface area contributed by atoms with Crippen LogP contribution in [0.5, 0.6) is 0 Å².